The van der Waals surface area contributed by atoms with Crippen LogP contribution in [0.15, 0.2) is 28.7 Å². The van der Waals surface area contributed by atoms with Crippen LogP contribution in [0, 0.1) is 3.57 Å². The first-order valence-electron chi connectivity index (χ1n) is 6.46. The number of carbonyl (C=O) groups is 1. The van der Waals surface area contributed by atoms with Crippen molar-refractivity contribution in [2.45, 2.75) is 13.3 Å². The van der Waals surface area contributed by atoms with Gasteiger partial charge in [-0.15, -0.1) is 11.3 Å². The van der Waals surface area contributed by atoms with Crippen molar-refractivity contribution in [1.82, 2.24) is 4.98 Å². The van der Waals surface area contributed by atoms with Crippen LogP contribution in [0.25, 0.3) is 0 Å². The second kappa shape index (κ2) is 8.08. The SMILES string of the molecule is CCOC(=O)Cc1csc(NN=Cc2c(O)cccc2I)n1. The van der Waals surface area contributed by atoms with E-state index in [4.69, 9.17) is 4.74 Å². The number of anilines is 1. The number of hydrogen-bond donors (Lipinski definition) is 2. The number of benzene rings is 1. The van der Waals surface area contributed by atoms with E-state index in [0.717, 1.165) is 3.57 Å². The Balaban J connectivity index is 1.96. The van der Waals surface area contributed by atoms with Gasteiger partial charge in [0.2, 0.25) is 5.13 Å². The molecular formula is C14H14IN3O3S. The summed E-state index contributed by atoms with van der Waals surface area (Å²) in [7, 11) is 0. The van der Waals surface area contributed by atoms with Crippen LogP contribution in [0.5, 0.6) is 5.75 Å². The van der Waals surface area contributed by atoms with E-state index in [9.17, 15) is 9.90 Å². The zero-order valence-electron chi connectivity index (χ0n) is 11.7. The summed E-state index contributed by atoms with van der Waals surface area (Å²) in [5.41, 5.74) is 4.06. The van der Waals surface area contributed by atoms with Crippen LogP contribution in [0.3, 0.4) is 0 Å². The van der Waals surface area contributed by atoms with Crippen LogP contribution in [0.2, 0.25) is 0 Å². The number of aromatic nitrogens is 1. The third-order valence-electron chi connectivity index (χ3n) is 2.57. The predicted octanol–water partition coefficient (Wildman–Crippen LogP) is 3.00. The number of hydrogen-bond acceptors (Lipinski definition) is 7. The van der Waals surface area contributed by atoms with Crippen molar-refractivity contribution in [1.29, 1.82) is 0 Å². The van der Waals surface area contributed by atoms with E-state index in [1.807, 2.05) is 6.07 Å². The molecule has 0 aliphatic heterocycles. The molecule has 0 bridgehead atoms. The van der Waals surface area contributed by atoms with E-state index in [1.54, 1.807) is 24.4 Å². The Morgan fingerprint density at radius 2 is 2.41 bits per heavy atom. The van der Waals surface area contributed by atoms with E-state index >= 15 is 0 Å². The van der Waals surface area contributed by atoms with E-state index in [0.29, 0.717) is 23.0 Å². The normalized spacial score (nSPS) is 10.8. The van der Waals surface area contributed by atoms with Gasteiger partial charge >= 0.3 is 5.97 Å². The Labute approximate surface area is 145 Å². The number of rotatable bonds is 6. The lowest BCUT2D eigenvalue weighted by Gasteiger charge is -2.01. The second-order valence-electron chi connectivity index (χ2n) is 4.17. The Morgan fingerprint density at radius 1 is 1.59 bits per heavy atom. The van der Waals surface area contributed by atoms with Gasteiger partial charge in [0.1, 0.15) is 5.75 Å². The number of halogens is 1. The topological polar surface area (TPSA) is 83.8 Å². The van der Waals surface area contributed by atoms with Crippen LogP contribution in [-0.2, 0) is 16.0 Å². The van der Waals surface area contributed by atoms with Crippen molar-refractivity contribution in [2.24, 2.45) is 5.10 Å². The highest BCUT2D eigenvalue weighted by Crippen LogP contribution is 2.21. The Bertz CT molecular complexity index is 667. The lowest BCUT2D eigenvalue weighted by molar-refractivity contribution is -0.142. The molecule has 2 rings (SSSR count). The smallest absolute Gasteiger partial charge is 0.311 e. The van der Waals surface area contributed by atoms with Gasteiger partial charge < -0.3 is 9.84 Å². The van der Waals surface area contributed by atoms with Crippen LogP contribution < -0.4 is 5.43 Å². The molecule has 0 saturated carbocycles. The fourth-order valence-electron chi connectivity index (χ4n) is 1.60. The lowest BCUT2D eigenvalue weighted by Crippen LogP contribution is -2.07. The van der Waals surface area contributed by atoms with Crippen LogP contribution in [0.4, 0.5) is 5.13 Å². The minimum atomic E-state index is -0.299. The van der Waals surface area contributed by atoms with Crippen molar-refractivity contribution >= 4 is 51.2 Å². The first kappa shape index (κ1) is 16.7. The Kier molecular flexibility index (Phi) is 6.13. The summed E-state index contributed by atoms with van der Waals surface area (Å²) < 4.78 is 5.76. The average Bonchev–Trinajstić information content (AvgIpc) is 2.90. The lowest BCUT2D eigenvalue weighted by atomic mass is 10.2. The Morgan fingerprint density at radius 3 is 3.14 bits per heavy atom. The third-order valence-corrected chi connectivity index (χ3v) is 4.30. The maximum absolute atomic E-state index is 11.4. The van der Waals surface area contributed by atoms with Crippen molar-refractivity contribution in [3.63, 3.8) is 0 Å². The molecule has 1 aromatic heterocycles. The van der Waals surface area contributed by atoms with Gasteiger partial charge in [0, 0.05) is 14.5 Å². The molecule has 116 valence electrons. The highest BCUT2D eigenvalue weighted by Gasteiger charge is 2.08. The van der Waals surface area contributed by atoms with E-state index in [-0.39, 0.29) is 18.1 Å². The molecular weight excluding hydrogens is 417 g/mol. The fourth-order valence-corrected chi connectivity index (χ4v) is 2.89. The van der Waals surface area contributed by atoms with Crippen molar-refractivity contribution in [3.8, 4) is 5.75 Å². The molecule has 2 N–H and O–H groups in total. The molecule has 2 aromatic rings. The highest BCUT2D eigenvalue weighted by atomic mass is 127. The summed E-state index contributed by atoms with van der Waals surface area (Å²) in [4.78, 5) is 15.6. The maximum Gasteiger partial charge on any atom is 0.311 e. The summed E-state index contributed by atoms with van der Waals surface area (Å²) in [5.74, 6) is -0.133. The molecule has 1 aromatic carbocycles. The van der Waals surface area contributed by atoms with Crippen molar-refractivity contribution in [2.75, 3.05) is 12.0 Å². The van der Waals surface area contributed by atoms with Gasteiger partial charge in [-0.1, -0.05) is 6.07 Å². The van der Waals surface area contributed by atoms with Crippen LogP contribution in [-0.4, -0.2) is 28.9 Å². The number of thiazole rings is 1. The molecule has 0 spiro atoms. The average molecular weight is 431 g/mol. The molecule has 0 radical (unpaired) electrons. The monoisotopic (exact) mass is 431 g/mol. The van der Waals surface area contributed by atoms with Crippen LogP contribution in [0.1, 0.15) is 18.2 Å². The summed E-state index contributed by atoms with van der Waals surface area (Å²) in [6, 6.07) is 5.25. The molecule has 8 heteroatoms. The number of phenols is 1. The van der Waals surface area contributed by atoms with Gasteiger partial charge in [0.25, 0.3) is 0 Å². The molecule has 1 heterocycles. The molecule has 0 aliphatic carbocycles. The predicted molar refractivity (Wildman–Crippen MR) is 94.5 cm³/mol. The standard InChI is InChI=1S/C14H14IN3O3S/c1-2-21-13(20)6-9-8-22-14(17-9)18-16-7-10-11(15)4-3-5-12(10)19/h3-5,7-8,19H,2,6H2,1H3,(H,17,18). The number of nitrogens with one attached hydrogen (secondary N) is 1. The number of ether oxygens (including phenoxy) is 1. The number of aromatic hydroxyl groups is 1. The quantitative estimate of drug-likeness (QED) is 0.318. The number of esters is 1. The number of carbonyl (C=O) groups excluding carboxylic acids is 1. The molecule has 0 amide bonds. The van der Waals surface area contributed by atoms with Gasteiger partial charge in [0.15, 0.2) is 0 Å². The van der Waals surface area contributed by atoms with E-state index in [2.05, 4.69) is 38.1 Å². The van der Waals surface area contributed by atoms with Gasteiger partial charge in [0.05, 0.1) is 24.9 Å². The first-order chi connectivity index (χ1) is 10.6. The number of hydrazone groups is 1. The molecule has 0 unspecified atom stereocenters. The minimum Gasteiger partial charge on any atom is -0.507 e. The van der Waals surface area contributed by atoms with Gasteiger partial charge in [-0.25, -0.2) is 4.98 Å². The molecule has 0 atom stereocenters. The van der Waals surface area contributed by atoms with Gasteiger partial charge in [-0.2, -0.15) is 5.10 Å². The van der Waals surface area contributed by atoms with Crippen LogP contribution >= 0.6 is 33.9 Å². The van der Waals surface area contributed by atoms with Crippen molar-refractivity contribution < 1.29 is 14.6 Å². The summed E-state index contributed by atoms with van der Waals surface area (Å²) >= 11 is 3.47. The largest absolute Gasteiger partial charge is 0.507 e. The van der Waals surface area contributed by atoms with Crippen molar-refractivity contribution in [3.05, 3.63) is 38.4 Å². The van der Waals surface area contributed by atoms with Gasteiger partial charge in [-0.05, 0) is 41.6 Å². The fraction of sp³-hybridized carbons (Fsp3) is 0.214. The minimum absolute atomic E-state index is 0.146. The summed E-state index contributed by atoms with van der Waals surface area (Å²) in [6.07, 6.45) is 1.68. The summed E-state index contributed by atoms with van der Waals surface area (Å²) in [6.45, 7) is 2.12. The maximum atomic E-state index is 11.4. The number of nitrogens with zero attached hydrogens (tertiary/aromatic N) is 2. The molecule has 0 fully saturated rings. The number of phenolic OH excluding ortho intramolecular Hbond substituents is 1. The highest BCUT2D eigenvalue weighted by molar-refractivity contribution is 14.1. The molecule has 22 heavy (non-hydrogen) atoms. The molecule has 0 aliphatic rings. The molecule has 6 nitrogen and oxygen atoms in total. The third kappa shape index (κ3) is 4.67. The van der Waals surface area contributed by atoms with E-state index < -0.39 is 0 Å². The molecule has 0 saturated heterocycles. The summed E-state index contributed by atoms with van der Waals surface area (Å²) in [5, 5.41) is 16.2. The first-order valence-corrected chi connectivity index (χ1v) is 8.42. The zero-order chi connectivity index (χ0) is 15.9. The Hall–Kier alpha value is -1.68. The zero-order valence-corrected chi connectivity index (χ0v) is 14.7. The second-order valence-corrected chi connectivity index (χ2v) is 6.19. The van der Waals surface area contributed by atoms with Gasteiger partial charge in [-0.3, -0.25) is 10.2 Å². The van der Waals surface area contributed by atoms with E-state index in [1.165, 1.54) is 17.6 Å².